The molecule has 1 aromatic rings. The van der Waals surface area contributed by atoms with E-state index in [1.54, 1.807) is 4.90 Å². The lowest BCUT2D eigenvalue weighted by Crippen LogP contribution is -2.39. The number of benzene rings is 1. The monoisotopic (exact) mass is 329 g/mol. The van der Waals surface area contributed by atoms with Gasteiger partial charge in [0.15, 0.2) is 0 Å². The Balaban J connectivity index is 1.63. The van der Waals surface area contributed by atoms with Crippen molar-refractivity contribution < 1.29 is 9.59 Å². The summed E-state index contributed by atoms with van der Waals surface area (Å²) in [7, 11) is 2.03. The van der Waals surface area contributed by atoms with Gasteiger partial charge in [0, 0.05) is 19.0 Å². The molecule has 1 N–H and O–H groups in total. The van der Waals surface area contributed by atoms with E-state index in [1.165, 1.54) is 32.1 Å². The maximum Gasteiger partial charge on any atom is 0.238 e. The van der Waals surface area contributed by atoms with E-state index in [2.05, 4.69) is 10.2 Å². The van der Waals surface area contributed by atoms with Crippen LogP contribution in [-0.2, 0) is 9.59 Å². The van der Waals surface area contributed by atoms with Gasteiger partial charge in [-0.3, -0.25) is 14.5 Å². The van der Waals surface area contributed by atoms with E-state index >= 15 is 0 Å². The molecule has 2 aliphatic rings. The van der Waals surface area contributed by atoms with Crippen molar-refractivity contribution in [3.8, 4) is 0 Å². The van der Waals surface area contributed by atoms with Crippen LogP contribution in [-0.4, -0.2) is 42.9 Å². The molecule has 3 rings (SSSR count). The molecule has 2 amide bonds. The molecule has 0 atom stereocenters. The van der Waals surface area contributed by atoms with Crippen molar-refractivity contribution in [2.45, 2.75) is 51.0 Å². The molecule has 1 saturated heterocycles. The number of rotatable bonds is 5. The maximum atomic E-state index is 12.5. The van der Waals surface area contributed by atoms with Crippen LogP contribution in [0.15, 0.2) is 24.3 Å². The van der Waals surface area contributed by atoms with Gasteiger partial charge in [0.2, 0.25) is 11.8 Å². The van der Waals surface area contributed by atoms with E-state index in [0.29, 0.717) is 19.0 Å². The fraction of sp³-hybridized carbons (Fsp3) is 0.579. The van der Waals surface area contributed by atoms with Crippen molar-refractivity contribution in [2.75, 3.05) is 30.4 Å². The summed E-state index contributed by atoms with van der Waals surface area (Å²) in [5, 5.41) is 3.00. The zero-order chi connectivity index (χ0) is 16.9. The second-order valence-electron chi connectivity index (χ2n) is 6.92. The number of para-hydroxylation sites is 2. The predicted octanol–water partition coefficient (Wildman–Crippen LogP) is 3.02. The largest absolute Gasteiger partial charge is 0.323 e. The van der Waals surface area contributed by atoms with E-state index < -0.39 is 0 Å². The molecule has 0 spiro atoms. The molecule has 5 nitrogen and oxygen atoms in total. The van der Waals surface area contributed by atoms with Crippen molar-refractivity contribution in [1.82, 2.24) is 4.90 Å². The van der Waals surface area contributed by atoms with Crippen LogP contribution >= 0.6 is 0 Å². The van der Waals surface area contributed by atoms with Gasteiger partial charge in [0.1, 0.15) is 0 Å². The molecule has 5 heteroatoms. The molecule has 130 valence electrons. The van der Waals surface area contributed by atoms with Crippen LogP contribution in [0.1, 0.15) is 44.9 Å². The van der Waals surface area contributed by atoms with Gasteiger partial charge in [-0.25, -0.2) is 0 Å². The van der Waals surface area contributed by atoms with Crippen LogP contribution in [0, 0.1) is 0 Å². The van der Waals surface area contributed by atoms with E-state index in [4.69, 9.17) is 0 Å². The van der Waals surface area contributed by atoms with Crippen LogP contribution in [0.4, 0.5) is 11.4 Å². The first kappa shape index (κ1) is 17.0. The van der Waals surface area contributed by atoms with E-state index in [-0.39, 0.29) is 11.8 Å². The summed E-state index contributed by atoms with van der Waals surface area (Å²) in [6.07, 6.45) is 7.67. The van der Waals surface area contributed by atoms with Crippen LogP contribution < -0.4 is 10.2 Å². The average Bonchev–Trinajstić information content (AvgIpc) is 3.02. The smallest absolute Gasteiger partial charge is 0.238 e. The third-order valence-corrected chi connectivity index (χ3v) is 5.13. The van der Waals surface area contributed by atoms with Crippen molar-refractivity contribution in [1.29, 1.82) is 0 Å². The first-order valence-electron chi connectivity index (χ1n) is 9.04. The number of likely N-dealkylation sites (N-methyl/N-ethyl adjacent to an activating group) is 1. The summed E-state index contributed by atoms with van der Waals surface area (Å²) in [4.78, 5) is 28.4. The minimum atomic E-state index is -0.0119. The number of hydrogen-bond donors (Lipinski definition) is 1. The Hall–Kier alpha value is -1.88. The first-order chi connectivity index (χ1) is 11.6. The van der Waals surface area contributed by atoms with Crippen molar-refractivity contribution >= 4 is 23.2 Å². The molecular weight excluding hydrogens is 302 g/mol. The first-order valence-corrected chi connectivity index (χ1v) is 9.04. The van der Waals surface area contributed by atoms with Gasteiger partial charge < -0.3 is 10.2 Å². The number of amides is 2. The minimum absolute atomic E-state index is 0.0119. The molecule has 1 heterocycles. The molecule has 1 aliphatic carbocycles. The zero-order valence-electron chi connectivity index (χ0n) is 14.5. The second kappa shape index (κ2) is 7.79. The number of hydrogen-bond acceptors (Lipinski definition) is 3. The average molecular weight is 329 g/mol. The highest BCUT2D eigenvalue weighted by molar-refractivity contribution is 6.02. The molecule has 2 fully saturated rings. The van der Waals surface area contributed by atoms with Gasteiger partial charge in [-0.1, -0.05) is 31.4 Å². The molecule has 1 aromatic carbocycles. The summed E-state index contributed by atoms with van der Waals surface area (Å²) in [6.45, 7) is 1.13. The minimum Gasteiger partial charge on any atom is -0.323 e. The lowest BCUT2D eigenvalue weighted by atomic mass is 9.94. The maximum absolute atomic E-state index is 12.5. The number of carbonyl (C=O) groups excluding carboxylic acids is 2. The molecular formula is C19H27N3O2. The van der Waals surface area contributed by atoms with Gasteiger partial charge >= 0.3 is 0 Å². The van der Waals surface area contributed by atoms with Gasteiger partial charge in [-0.2, -0.15) is 0 Å². The van der Waals surface area contributed by atoms with Crippen LogP contribution in [0.5, 0.6) is 0 Å². The molecule has 0 bridgehead atoms. The van der Waals surface area contributed by atoms with E-state index in [0.717, 1.165) is 24.3 Å². The van der Waals surface area contributed by atoms with Gasteiger partial charge in [-0.15, -0.1) is 0 Å². The van der Waals surface area contributed by atoms with Gasteiger partial charge in [0.05, 0.1) is 17.9 Å². The molecule has 0 unspecified atom stereocenters. The summed E-state index contributed by atoms with van der Waals surface area (Å²) >= 11 is 0. The quantitative estimate of drug-likeness (QED) is 0.903. The summed E-state index contributed by atoms with van der Waals surface area (Å²) < 4.78 is 0. The Morgan fingerprint density at radius 3 is 2.67 bits per heavy atom. The highest BCUT2D eigenvalue weighted by Crippen LogP contribution is 2.29. The van der Waals surface area contributed by atoms with E-state index in [1.807, 2.05) is 31.3 Å². The molecule has 0 aromatic heterocycles. The van der Waals surface area contributed by atoms with Crippen molar-refractivity contribution in [2.24, 2.45) is 0 Å². The lowest BCUT2D eigenvalue weighted by Gasteiger charge is -2.30. The van der Waals surface area contributed by atoms with Crippen LogP contribution in [0.25, 0.3) is 0 Å². The van der Waals surface area contributed by atoms with Gasteiger partial charge in [-0.05, 0) is 38.4 Å². The fourth-order valence-electron chi connectivity index (χ4n) is 3.78. The fourth-order valence-corrected chi connectivity index (χ4v) is 3.78. The van der Waals surface area contributed by atoms with E-state index in [9.17, 15) is 9.59 Å². The Morgan fingerprint density at radius 1 is 1.21 bits per heavy atom. The third kappa shape index (κ3) is 3.96. The molecule has 24 heavy (non-hydrogen) atoms. The standard InChI is InChI=1S/C19H27N3O2/c1-21(15-8-3-2-4-9-15)14-18(23)20-16-10-5-6-11-17(16)22-13-7-12-19(22)24/h5-6,10-11,15H,2-4,7-9,12-14H2,1H3,(H,20,23). The predicted molar refractivity (Wildman–Crippen MR) is 96.2 cm³/mol. The highest BCUT2D eigenvalue weighted by atomic mass is 16.2. The summed E-state index contributed by atoms with van der Waals surface area (Å²) in [5.41, 5.74) is 1.54. The Morgan fingerprint density at radius 2 is 1.96 bits per heavy atom. The Kier molecular flexibility index (Phi) is 5.51. The number of nitrogens with zero attached hydrogens (tertiary/aromatic N) is 2. The van der Waals surface area contributed by atoms with Crippen molar-refractivity contribution in [3.63, 3.8) is 0 Å². The zero-order valence-corrected chi connectivity index (χ0v) is 14.5. The van der Waals surface area contributed by atoms with Crippen LogP contribution in [0.2, 0.25) is 0 Å². The molecule has 1 aliphatic heterocycles. The normalized spacial score (nSPS) is 19.1. The number of anilines is 2. The topological polar surface area (TPSA) is 52.7 Å². The van der Waals surface area contributed by atoms with Gasteiger partial charge in [0.25, 0.3) is 0 Å². The lowest BCUT2D eigenvalue weighted by molar-refractivity contribution is -0.118. The highest BCUT2D eigenvalue weighted by Gasteiger charge is 2.25. The summed E-state index contributed by atoms with van der Waals surface area (Å²) in [5.74, 6) is 0.123. The van der Waals surface area contributed by atoms with Crippen molar-refractivity contribution in [3.05, 3.63) is 24.3 Å². The SMILES string of the molecule is CN(CC(=O)Nc1ccccc1N1CCCC1=O)C1CCCCC1. The van der Waals surface area contributed by atoms with Crippen LogP contribution in [0.3, 0.4) is 0 Å². The Bertz CT molecular complexity index is 596. The summed E-state index contributed by atoms with van der Waals surface area (Å²) in [6, 6.07) is 8.10. The molecule has 0 radical (unpaired) electrons. The second-order valence-corrected chi connectivity index (χ2v) is 6.92. The third-order valence-electron chi connectivity index (χ3n) is 5.13. The Labute approximate surface area is 144 Å². The number of nitrogens with one attached hydrogen (secondary N) is 1. The molecule has 1 saturated carbocycles. The number of carbonyl (C=O) groups is 2.